The van der Waals surface area contributed by atoms with Crippen LogP contribution in [0.25, 0.3) is 0 Å². The van der Waals surface area contributed by atoms with Crippen LogP contribution < -0.4 is 4.78 Å². The van der Waals surface area contributed by atoms with Crippen LogP contribution in [0.5, 0.6) is 0 Å². The first-order valence-corrected chi connectivity index (χ1v) is 6.26. The molecule has 16 heavy (non-hydrogen) atoms. The Labute approximate surface area is 105 Å². The predicted molar refractivity (Wildman–Crippen MR) is 73.7 cm³/mol. The van der Waals surface area contributed by atoms with Gasteiger partial charge in [0.1, 0.15) is 7.85 Å². The minimum Gasteiger partial charge on any atom is -0.387 e. The molecule has 1 rings (SSSR count). The van der Waals surface area contributed by atoms with Gasteiger partial charge in [0.2, 0.25) is 0 Å². The Kier molecular flexibility index (Phi) is 8.89. The third kappa shape index (κ3) is 8.95. The van der Waals surface area contributed by atoms with E-state index in [1.54, 1.807) is 39.0 Å². The summed E-state index contributed by atoms with van der Waals surface area (Å²) < 4.78 is 0.884. The van der Waals surface area contributed by atoms with Crippen molar-refractivity contribution in [2.45, 2.75) is 52.7 Å². The average molecular weight is 242 g/mol. The molecule has 2 radical (unpaired) electrons. The monoisotopic (exact) mass is 242 g/mol. The molecule has 1 heterocycles. The molecule has 4 heteroatoms. The molecule has 2 nitrogen and oxygen atoms in total. The summed E-state index contributed by atoms with van der Waals surface area (Å²) >= 11 is 1.56. The van der Waals surface area contributed by atoms with Gasteiger partial charge >= 0.3 is 0 Å². The second-order valence-corrected chi connectivity index (χ2v) is 5.11. The number of thiophene rings is 1. The molecule has 0 aromatic carbocycles. The van der Waals surface area contributed by atoms with Crippen molar-refractivity contribution in [3.63, 3.8) is 0 Å². The van der Waals surface area contributed by atoms with Gasteiger partial charge < -0.3 is 10.2 Å². The van der Waals surface area contributed by atoms with Crippen LogP contribution in [-0.2, 0) is 0 Å². The Balaban J connectivity index is 0. The summed E-state index contributed by atoms with van der Waals surface area (Å²) in [6, 6.07) is 3.81. The van der Waals surface area contributed by atoms with Crippen molar-refractivity contribution in [1.29, 1.82) is 0 Å². The number of rotatable bonds is 1. The maximum absolute atomic E-state index is 9.10. The molecular weight excluding hydrogens is 219 g/mol. The van der Waals surface area contributed by atoms with E-state index in [-0.39, 0.29) is 0 Å². The van der Waals surface area contributed by atoms with Gasteiger partial charge in [-0.3, -0.25) is 0 Å². The Bertz CT molecular complexity index is 233. The van der Waals surface area contributed by atoms with E-state index in [2.05, 4.69) is 0 Å². The lowest BCUT2D eigenvalue weighted by Gasteiger charge is -2.31. The summed E-state index contributed by atoms with van der Waals surface area (Å²) in [6.45, 7) is 10.3. The molecule has 1 aromatic heterocycles. The molecule has 0 atom stereocenters. The predicted octanol–water partition coefficient (Wildman–Crippen LogP) is 2.10. The lowest BCUT2D eigenvalue weighted by Crippen LogP contribution is -2.44. The standard InChI is InChI=1S/C6H14O2.C4H3BS.C2H6/c1-5(2,7)6(3,4)8;5-4-2-1-3-6-4;1-2/h7-8H,1-4H3;1-3H;1-2H3. The highest BCUT2D eigenvalue weighted by molar-refractivity contribution is 7.18. The summed E-state index contributed by atoms with van der Waals surface area (Å²) in [7, 11) is 5.30. The Morgan fingerprint density at radius 2 is 1.44 bits per heavy atom. The fraction of sp³-hybridized carbons (Fsp3) is 0.667. The molecule has 92 valence electrons. The maximum Gasteiger partial charge on any atom is 0.128 e. The van der Waals surface area contributed by atoms with Crippen LogP contribution in [0.15, 0.2) is 17.5 Å². The van der Waals surface area contributed by atoms with Gasteiger partial charge in [-0.25, -0.2) is 0 Å². The van der Waals surface area contributed by atoms with E-state index in [1.165, 1.54) is 0 Å². The van der Waals surface area contributed by atoms with Gasteiger partial charge in [0.25, 0.3) is 0 Å². The van der Waals surface area contributed by atoms with Gasteiger partial charge in [-0.1, -0.05) is 26.0 Å². The highest BCUT2D eigenvalue weighted by Crippen LogP contribution is 2.19. The molecular formula is C12H23BO2S. The first-order valence-electron chi connectivity index (χ1n) is 5.38. The van der Waals surface area contributed by atoms with E-state index >= 15 is 0 Å². The minimum absolute atomic E-state index is 0.884. The van der Waals surface area contributed by atoms with Gasteiger partial charge in [-0.15, -0.1) is 0 Å². The molecule has 0 aliphatic rings. The van der Waals surface area contributed by atoms with Gasteiger partial charge in [-0.2, -0.15) is 11.3 Å². The molecule has 0 saturated heterocycles. The summed E-state index contributed by atoms with van der Waals surface area (Å²) in [5.74, 6) is 0. The molecule has 0 fully saturated rings. The molecule has 0 amide bonds. The molecule has 0 saturated carbocycles. The fourth-order valence-corrected chi connectivity index (χ4v) is 0.763. The van der Waals surface area contributed by atoms with Crippen molar-refractivity contribution in [1.82, 2.24) is 0 Å². The van der Waals surface area contributed by atoms with Gasteiger partial charge in [-0.05, 0) is 37.9 Å². The van der Waals surface area contributed by atoms with E-state index < -0.39 is 11.2 Å². The SMILES string of the molecule is CC.CC(C)(O)C(C)(C)O.[B]c1cccs1. The molecule has 0 unspecified atom stereocenters. The fourth-order valence-electron chi connectivity index (χ4n) is 0.291. The normalized spacial score (nSPS) is 10.8. The first kappa shape index (κ1) is 18.1. The van der Waals surface area contributed by atoms with Crippen LogP contribution in [0.4, 0.5) is 0 Å². The van der Waals surface area contributed by atoms with Crippen molar-refractivity contribution in [3.8, 4) is 0 Å². The second kappa shape index (κ2) is 7.88. The van der Waals surface area contributed by atoms with E-state index in [9.17, 15) is 0 Å². The minimum atomic E-state index is -1.01. The second-order valence-electron chi connectivity index (χ2n) is 4.13. The molecule has 2 N–H and O–H groups in total. The van der Waals surface area contributed by atoms with Crippen molar-refractivity contribution in [3.05, 3.63) is 17.5 Å². The summed E-state index contributed by atoms with van der Waals surface area (Å²) in [5, 5.41) is 20.2. The quantitative estimate of drug-likeness (QED) is 0.740. The van der Waals surface area contributed by atoms with Crippen LogP contribution in [0, 0.1) is 0 Å². The van der Waals surface area contributed by atoms with E-state index in [4.69, 9.17) is 18.1 Å². The topological polar surface area (TPSA) is 40.5 Å². The van der Waals surface area contributed by atoms with Crippen LogP contribution in [0.1, 0.15) is 41.5 Å². The molecule has 0 aliphatic heterocycles. The largest absolute Gasteiger partial charge is 0.387 e. The zero-order valence-electron chi connectivity index (χ0n) is 11.1. The molecule has 1 aromatic rings. The number of aliphatic hydroxyl groups is 2. The van der Waals surface area contributed by atoms with Crippen molar-refractivity contribution in [2.75, 3.05) is 0 Å². The lowest BCUT2D eigenvalue weighted by molar-refractivity contribution is -0.107. The lowest BCUT2D eigenvalue weighted by atomic mass is 9.90. The van der Waals surface area contributed by atoms with Gasteiger partial charge in [0, 0.05) is 0 Å². The average Bonchev–Trinajstić information content (AvgIpc) is 2.57. The van der Waals surface area contributed by atoms with Gasteiger partial charge in [0.15, 0.2) is 0 Å². The Morgan fingerprint density at radius 3 is 1.50 bits per heavy atom. The van der Waals surface area contributed by atoms with Crippen molar-refractivity contribution in [2.24, 2.45) is 0 Å². The van der Waals surface area contributed by atoms with Crippen molar-refractivity contribution < 1.29 is 10.2 Å². The summed E-state index contributed by atoms with van der Waals surface area (Å²) in [6.07, 6.45) is 0. The van der Waals surface area contributed by atoms with Crippen molar-refractivity contribution >= 4 is 24.0 Å². The van der Waals surface area contributed by atoms with E-state index in [1.807, 2.05) is 31.4 Å². The summed E-state index contributed by atoms with van der Waals surface area (Å²) in [5.41, 5.74) is -2.01. The summed E-state index contributed by atoms with van der Waals surface area (Å²) in [4.78, 5) is 0. The van der Waals surface area contributed by atoms with Gasteiger partial charge in [0.05, 0.1) is 11.2 Å². The highest BCUT2D eigenvalue weighted by Gasteiger charge is 2.31. The van der Waals surface area contributed by atoms with E-state index in [0.717, 1.165) is 4.78 Å². The zero-order valence-corrected chi connectivity index (χ0v) is 11.9. The third-order valence-electron chi connectivity index (χ3n) is 2.04. The zero-order chi connectivity index (χ0) is 13.4. The van der Waals surface area contributed by atoms with Crippen LogP contribution >= 0.6 is 11.3 Å². The number of hydrogen-bond acceptors (Lipinski definition) is 3. The van der Waals surface area contributed by atoms with E-state index in [0.29, 0.717) is 0 Å². The highest BCUT2D eigenvalue weighted by atomic mass is 32.1. The Morgan fingerprint density at radius 1 is 1.06 bits per heavy atom. The smallest absolute Gasteiger partial charge is 0.128 e. The Hall–Kier alpha value is -0.315. The third-order valence-corrected chi connectivity index (χ3v) is 2.74. The molecule has 0 bridgehead atoms. The van der Waals surface area contributed by atoms with Crippen LogP contribution in [-0.4, -0.2) is 29.3 Å². The first-order chi connectivity index (χ1) is 7.14. The molecule has 0 spiro atoms. The van der Waals surface area contributed by atoms with Crippen LogP contribution in [0.2, 0.25) is 0 Å². The maximum atomic E-state index is 9.10. The molecule has 0 aliphatic carbocycles. The number of hydrogen-bond donors (Lipinski definition) is 2. The van der Waals surface area contributed by atoms with Crippen LogP contribution in [0.3, 0.4) is 0 Å².